The van der Waals surface area contributed by atoms with Crippen LogP contribution in [-0.2, 0) is 32.7 Å². The third kappa shape index (κ3) is 80.6. The lowest BCUT2D eigenvalue weighted by Gasteiger charge is -2.19. The predicted molar refractivity (Wildman–Crippen MR) is 413 cm³/mol. The summed E-state index contributed by atoms with van der Waals surface area (Å²) < 4.78 is 33.3. The first-order valence-corrected chi connectivity index (χ1v) is 43.3. The van der Waals surface area contributed by atoms with Crippen LogP contribution < -0.4 is 5.73 Å². The number of nitrogens with two attached hydrogens (primary N) is 1. The molecule has 0 rings (SSSR count). The molecule has 0 fully saturated rings. The van der Waals surface area contributed by atoms with Gasteiger partial charge in [-0.3, -0.25) is 18.6 Å². The van der Waals surface area contributed by atoms with Gasteiger partial charge >= 0.3 is 19.8 Å². The summed E-state index contributed by atoms with van der Waals surface area (Å²) in [5.41, 5.74) is 5.42. The molecule has 0 aromatic carbocycles. The fraction of sp³-hybridized carbons (Fsp3) is 0.859. The molecule has 0 radical (unpaired) electrons. The molecule has 3 N–H and O–H groups in total. The Morgan fingerprint density at radius 1 is 0.326 bits per heavy atom. The molecule has 0 aromatic heterocycles. The SMILES string of the molecule is CC/C=C\C/C=C\C/C=C\C/C=C\CCCCCCCCCCCCCCCCCCCCCCCCCCCCC(=O)OC(COC(=O)CCCCCCCCCCCCCCCCCCCCCCCCC/C=C\CCCCCCCCCC)COP(=O)(O)OCCN. The molecular weight excluding hydrogens is 1190 g/mol. The van der Waals surface area contributed by atoms with Crippen LogP contribution in [0.3, 0.4) is 0 Å². The smallest absolute Gasteiger partial charge is 0.462 e. The van der Waals surface area contributed by atoms with Gasteiger partial charge < -0.3 is 20.1 Å². The molecule has 0 saturated heterocycles. The molecular formula is C85H160NO8P. The number of ether oxygens (including phenoxy) is 2. The number of phosphoric ester groups is 1. The second-order valence-electron chi connectivity index (χ2n) is 28.3. The molecule has 2 unspecified atom stereocenters. The molecule has 0 aliphatic carbocycles. The van der Waals surface area contributed by atoms with Gasteiger partial charge in [0.15, 0.2) is 6.10 Å². The van der Waals surface area contributed by atoms with Crippen molar-refractivity contribution in [2.45, 2.75) is 444 Å². The lowest BCUT2D eigenvalue weighted by atomic mass is 10.0. The summed E-state index contributed by atoms with van der Waals surface area (Å²) in [7, 11) is -4.40. The zero-order valence-electron chi connectivity index (χ0n) is 63.2. The van der Waals surface area contributed by atoms with Crippen LogP contribution in [0.15, 0.2) is 60.8 Å². The number of carbonyl (C=O) groups excluding carboxylic acids is 2. The van der Waals surface area contributed by atoms with Gasteiger partial charge in [-0.15, -0.1) is 0 Å². The van der Waals surface area contributed by atoms with Gasteiger partial charge in [-0.2, -0.15) is 0 Å². The molecule has 558 valence electrons. The van der Waals surface area contributed by atoms with Crippen molar-refractivity contribution in [2.24, 2.45) is 5.73 Å². The van der Waals surface area contributed by atoms with E-state index in [2.05, 4.69) is 74.6 Å². The molecule has 0 bridgehead atoms. The van der Waals surface area contributed by atoms with Gasteiger partial charge in [-0.05, 0) is 77.0 Å². The number of hydrogen-bond acceptors (Lipinski definition) is 8. The molecule has 0 heterocycles. The number of unbranched alkanes of at least 4 members (excludes halogenated alkanes) is 57. The van der Waals surface area contributed by atoms with Crippen LogP contribution >= 0.6 is 7.82 Å². The van der Waals surface area contributed by atoms with E-state index in [1.54, 1.807) is 0 Å². The van der Waals surface area contributed by atoms with Crippen molar-refractivity contribution in [3.05, 3.63) is 60.8 Å². The first kappa shape index (κ1) is 92.7. The highest BCUT2D eigenvalue weighted by molar-refractivity contribution is 7.47. The highest BCUT2D eigenvalue weighted by Crippen LogP contribution is 2.43. The van der Waals surface area contributed by atoms with Gasteiger partial charge in [0.1, 0.15) is 6.61 Å². The Hall–Kier alpha value is -2.29. The first-order chi connectivity index (χ1) is 46.8. The maximum atomic E-state index is 12.8. The van der Waals surface area contributed by atoms with Crippen molar-refractivity contribution in [1.82, 2.24) is 0 Å². The van der Waals surface area contributed by atoms with E-state index in [0.29, 0.717) is 6.42 Å². The normalized spacial score (nSPS) is 13.1. The fourth-order valence-electron chi connectivity index (χ4n) is 12.7. The number of rotatable bonds is 80. The third-order valence-corrected chi connectivity index (χ3v) is 19.9. The summed E-state index contributed by atoms with van der Waals surface area (Å²) >= 11 is 0. The van der Waals surface area contributed by atoms with E-state index in [-0.39, 0.29) is 38.6 Å². The van der Waals surface area contributed by atoms with Crippen LogP contribution in [-0.4, -0.2) is 49.3 Å². The predicted octanol–water partition coefficient (Wildman–Crippen LogP) is 28.1. The van der Waals surface area contributed by atoms with Crippen LogP contribution in [0, 0.1) is 0 Å². The minimum atomic E-state index is -4.40. The first-order valence-electron chi connectivity index (χ1n) is 41.8. The quantitative estimate of drug-likeness (QED) is 0.0264. The summed E-state index contributed by atoms with van der Waals surface area (Å²) in [4.78, 5) is 35.5. The van der Waals surface area contributed by atoms with E-state index < -0.39 is 26.5 Å². The number of allylic oxidation sites excluding steroid dienone is 10. The van der Waals surface area contributed by atoms with E-state index >= 15 is 0 Å². The number of phosphoric acid groups is 1. The van der Waals surface area contributed by atoms with E-state index in [4.69, 9.17) is 24.3 Å². The Bertz CT molecular complexity index is 1750. The Labute approximate surface area is 590 Å². The highest BCUT2D eigenvalue weighted by Gasteiger charge is 2.26. The van der Waals surface area contributed by atoms with E-state index in [1.165, 1.54) is 347 Å². The van der Waals surface area contributed by atoms with Gasteiger partial charge in [0, 0.05) is 19.4 Å². The second kappa shape index (κ2) is 80.7. The largest absolute Gasteiger partial charge is 0.472 e. The van der Waals surface area contributed by atoms with Gasteiger partial charge in [0.25, 0.3) is 0 Å². The van der Waals surface area contributed by atoms with Gasteiger partial charge in [0.05, 0.1) is 13.2 Å². The molecule has 0 amide bonds. The Morgan fingerprint density at radius 2 is 0.579 bits per heavy atom. The molecule has 0 aromatic rings. The van der Waals surface area contributed by atoms with Crippen LogP contribution in [0.5, 0.6) is 0 Å². The highest BCUT2D eigenvalue weighted by atomic mass is 31.2. The molecule has 0 aliphatic rings. The van der Waals surface area contributed by atoms with Crippen molar-refractivity contribution >= 4 is 19.8 Å². The van der Waals surface area contributed by atoms with Gasteiger partial charge in [-0.1, -0.05) is 408 Å². The number of esters is 2. The van der Waals surface area contributed by atoms with Crippen molar-refractivity contribution in [2.75, 3.05) is 26.4 Å². The summed E-state index contributed by atoms with van der Waals surface area (Å²) in [6, 6.07) is 0. The molecule has 10 heteroatoms. The number of hydrogen-bond donors (Lipinski definition) is 2. The standard InChI is InChI=1S/C85H160NO8P/c1-3-5-7-9-11-13-15-17-19-21-23-25-27-29-31-33-35-37-39-40-41-42-44-46-48-50-52-54-56-58-60-62-64-66-68-70-72-74-76-78-85(88)94-83(82-93-95(89,90)92-80-79-86)81-91-84(87)77-75-73-71-69-67-65-63-61-59-57-55-53-51-49-47-45-43-38-36-34-32-30-28-26-24-22-20-18-16-14-12-10-8-6-4-2/h5,7,11,13,17,19,22-25,83H,3-4,6,8-10,12,14-16,18,20-21,26-82,86H2,1-2H3,(H,89,90)/b7-5-,13-11-,19-17-,24-22-,25-23-. The zero-order chi connectivity index (χ0) is 68.6. The Morgan fingerprint density at radius 3 is 0.874 bits per heavy atom. The molecule has 9 nitrogen and oxygen atoms in total. The number of carbonyl (C=O) groups is 2. The summed E-state index contributed by atoms with van der Waals surface area (Å²) in [6.45, 7) is 3.71. The average molecular weight is 1360 g/mol. The molecule has 95 heavy (non-hydrogen) atoms. The van der Waals surface area contributed by atoms with Crippen molar-refractivity contribution in [3.8, 4) is 0 Å². The second-order valence-corrected chi connectivity index (χ2v) is 29.8. The third-order valence-electron chi connectivity index (χ3n) is 18.9. The van der Waals surface area contributed by atoms with Gasteiger partial charge in [-0.25, -0.2) is 4.57 Å². The van der Waals surface area contributed by atoms with Gasteiger partial charge in [0.2, 0.25) is 0 Å². The van der Waals surface area contributed by atoms with E-state index in [1.807, 2.05) is 0 Å². The molecule has 2 atom stereocenters. The molecule has 0 aliphatic heterocycles. The van der Waals surface area contributed by atoms with Crippen LogP contribution in [0.2, 0.25) is 0 Å². The van der Waals surface area contributed by atoms with Crippen LogP contribution in [0.4, 0.5) is 0 Å². The summed E-state index contributed by atoms with van der Waals surface area (Å²) in [6.07, 6.45) is 107. The monoisotopic (exact) mass is 1350 g/mol. The Kier molecular flexibility index (Phi) is 78.7. The maximum absolute atomic E-state index is 12.8. The average Bonchev–Trinajstić information content (AvgIpc) is 3.16. The van der Waals surface area contributed by atoms with Crippen LogP contribution in [0.1, 0.15) is 438 Å². The zero-order valence-corrected chi connectivity index (χ0v) is 64.1. The lowest BCUT2D eigenvalue weighted by Crippen LogP contribution is -2.29. The topological polar surface area (TPSA) is 134 Å². The van der Waals surface area contributed by atoms with E-state index in [0.717, 1.165) is 57.8 Å². The van der Waals surface area contributed by atoms with Crippen molar-refractivity contribution in [3.63, 3.8) is 0 Å². The van der Waals surface area contributed by atoms with E-state index in [9.17, 15) is 19.0 Å². The minimum Gasteiger partial charge on any atom is -0.462 e. The lowest BCUT2D eigenvalue weighted by molar-refractivity contribution is -0.161. The molecule has 0 spiro atoms. The molecule has 0 saturated carbocycles. The van der Waals surface area contributed by atoms with Crippen molar-refractivity contribution < 1.29 is 37.6 Å². The Balaban J connectivity index is 3.73. The minimum absolute atomic E-state index is 0.0561. The maximum Gasteiger partial charge on any atom is 0.472 e. The summed E-state index contributed by atoms with van der Waals surface area (Å²) in [5.74, 6) is -0.801. The van der Waals surface area contributed by atoms with Crippen LogP contribution in [0.25, 0.3) is 0 Å². The van der Waals surface area contributed by atoms with Crippen molar-refractivity contribution in [1.29, 1.82) is 0 Å². The fourth-order valence-corrected chi connectivity index (χ4v) is 13.5. The summed E-state index contributed by atoms with van der Waals surface area (Å²) in [5, 5.41) is 0.